The lowest BCUT2D eigenvalue weighted by Crippen LogP contribution is -2.04. The minimum absolute atomic E-state index is 0.449. The van der Waals surface area contributed by atoms with Crippen molar-refractivity contribution in [1.82, 2.24) is 9.38 Å². The molecule has 27 heavy (non-hydrogen) atoms. The van der Waals surface area contributed by atoms with Gasteiger partial charge in [-0.15, -0.1) is 0 Å². The summed E-state index contributed by atoms with van der Waals surface area (Å²) in [4.78, 5) is 4.65. The molecule has 2 heterocycles. The van der Waals surface area contributed by atoms with Gasteiger partial charge in [-0.25, -0.2) is 4.98 Å². The van der Waals surface area contributed by atoms with Gasteiger partial charge in [-0.3, -0.25) is 4.40 Å². The van der Waals surface area contributed by atoms with Crippen LogP contribution in [-0.2, 0) is 6.18 Å². The summed E-state index contributed by atoms with van der Waals surface area (Å²) in [7, 11) is 0. The largest absolute Gasteiger partial charge is 0.416 e. The Morgan fingerprint density at radius 3 is 2.30 bits per heavy atom. The smallest absolute Gasteiger partial charge is 0.292 e. The summed E-state index contributed by atoms with van der Waals surface area (Å²) in [6, 6.07) is 23.1. The minimum atomic E-state index is -4.40. The third-order valence-corrected chi connectivity index (χ3v) is 4.79. The predicted molar refractivity (Wildman–Crippen MR) is 101 cm³/mol. The average molecular weight is 362 g/mol. The first-order valence-corrected chi connectivity index (χ1v) is 8.49. The number of aromatic nitrogens is 2. The van der Waals surface area contributed by atoms with Gasteiger partial charge in [0.25, 0.3) is 0 Å². The van der Waals surface area contributed by atoms with Crippen molar-refractivity contribution in [1.29, 1.82) is 0 Å². The van der Waals surface area contributed by atoms with Crippen LogP contribution in [0.25, 0.3) is 38.7 Å². The zero-order chi connectivity index (χ0) is 18.6. The molecule has 0 unspecified atom stereocenters. The highest BCUT2D eigenvalue weighted by Crippen LogP contribution is 2.35. The molecule has 0 aliphatic carbocycles. The SMILES string of the molecule is FC(F)(F)c1ccc2nc3c4ccccc4cc(-c4ccccc4)n3c2c1. The van der Waals surface area contributed by atoms with E-state index < -0.39 is 11.7 Å². The second-order valence-corrected chi connectivity index (χ2v) is 6.45. The van der Waals surface area contributed by atoms with Gasteiger partial charge in [0.05, 0.1) is 22.3 Å². The van der Waals surface area contributed by atoms with Crippen LogP contribution in [0.1, 0.15) is 5.56 Å². The number of halogens is 3. The number of rotatable bonds is 1. The van der Waals surface area contributed by atoms with Gasteiger partial charge in [0.1, 0.15) is 5.65 Å². The molecule has 0 amide bonds. The quantitative estimate of drug-likeness (QED) is 0.341. The van der Waals surface area contributed by atoms with E-state index in [9.17, 15) is 13.2 Å². The molecule has 0 aliphatic rings. The van der Waals surface area contributed by atoms with Crippen LogP contribution in [-0.4, -0.2) is 9.38 Å². The fraction of sp³-hybridized carbons (Fsp3) is 0.0455. The molecule has 2 nitrogen and oxygen atoms in total. The maximum absolute atomic E-state index is 13.3. The maximum atomic E-state index is 13.3. The van der Waals surface area contributed by atoms with Crippen molar-refractivity contribution in [3.8, 4) is 11.3 Å². The Hall–Kier alpha value is -3.34. The van der Waals surface area contributed by atoms with Crippen LogP contribution in [0.15, 0.2) is 78.9 Å². The highest BCUT2D eigenvalue weighted by Gasteiger charge is 2.31. The molecule has 5 aromatic rings. The third kappa shape index (κ3) is 2.46. The van der Waals surface area contributed by atoms with Crippen molar-refractivity contribution in [2.24, 2.45) is 0 Å². The number of benzene rings is 3. The highest BCUT2D eigenvalue weighted by molar-refractivity contribution is 6.01. The Bertz CT molecular complexity index is 1300. The van der Waals surface area contributed by atoms with Crippen molar-refractivity contribution in [3.05, 3.63) is 84.4 Å². The molecule has 0 aliphatic heterocycles. The molecule has 0 radical (unpaired) electrons. The van der Waals surface area contributed by atoms with E-state index in [1.54, 1.807) is 0 Å². The van der Waals surface area contributed by atoms with Crippen molar-refractivity contribution in [2.45, 2.75) is 6.18 Å². The van der Waals surface area contributed by atoms with Gasteiger partial charge in [-0.2, -0.15) is 13.2 Å². The van der Waals surface area contributed by atoms with E-state index in [1.807, 2.05) is 65.1 Å². The monoisotopic (exact) mass is 362 g/mol. The predicted octanol–water partition coefficient (Wildman–Crippen LogP) is 6.33. The Kier molecular flexibility index (Phi) is 3.28. The van der Waals surface area contributed by atoms with E-state index in [2.05, 4.69) is 4.98 Å². The first-order chi connectivity index (χ1) is 13.0. The zero-order valence-electron chi connectivity index (χ0n) is 14.0. The average Bonchev–Trinajstić information content (AvgIpc) is 3.06. The fourth-order valence-corrected chi connectivity index (χ4v) is 3.54. The fourth-order valence-electron chi connectivity index (χ4n) is 3.54. The van der Waals surface area contributed by atoms with Crippen molar-refractivity contribution < 1.29 is 13.2 Å². The van der Waals surface area contributed by atoms with Gasteiger partial charge in [-0.05, 0) is 35.2 Å². The molecule has 2 aromatic heterocycles. The standard InChI is InChI=1S/C22H13F3N2/c23-22(24,25)16-10-11-18-20(13-16)27-19(14-6-2-1-3-7-14)12-15-8-4-5-9-17(15)21(27)26-18/h1-13H. The van der Waals surface area contributed by atoms with Crippen LogP contribution in [0.3, 0.4) is 0 Å². The van der Waals surface area contributed by atoms with Crippen molar-refractivity contribution >= 4 is 27.5 Å². The third-order valence-electron chi connectivity index (χ3n) is 4.79. The van der Waals surface area contributed by atoms with E-state index in [0.29, 0.717) is 16.7 Å². The number of hydrogen-bond donors (Lipinski definition) is 0. The van der Waals surface area contributed by atoms with E-state index >= 15 is 0 Å². The zero-order valence-corrected chi connectivity index (χ0v) is 14.0. The van der Waals surface area contributed by atoms with Crippen LogP contribution in [0.2, 0.25) is 0 Å². The lowest BCUT2D eigenvalue weighted by molar-refractivity contribution is -0.137. The minimum Gasteiger partial charge on any atom is -0.292 e. The van der Waals surface area contributed by atoms with Crippen LogP contribution >= 0.6 is 0 Å². The molecule has 0 fully saturated rings. The molecule has 5 rings (SSSR count). The van der Waals surface area contributed by atoms with Gasteiger partial charge in [0, 0.05) is 5.39 Å². The molecule has 0 saturated heterocycles. The number of imidazole rings is 1. The number of fused-ring (bicyclic) bond motifs is 5. The topological polar surface area (TPSA) is 17.3 Å². The Balaban J connectivity index is 1.99. The first-order valence-electron chi connectivity index (χ1n) is 8.49. The van der Waals surface area contributed by atoms with E-state index in [-0.39, 0.29) is 0 Å². The maximum Gasteiger partial charge on any atom is 0.416 e. The number of hydrogen-bond acceptors (Lipinski definition) is 1. The molecule has 5 heteroatoms. The van der Waals surface area contributed by atoms with E-state index in [4.69, 9.17) is 0 Å². The number of pyridine rings is 1. The van der Waals surface area contributed by atoms with E-state index in [1.165, 1.54) is 12.1 Å². The second-order valence-electron chi connectivity index (χ2n) is 6.45. The summed E-state index contributed by atoms with van der Waals surface area (Å²) in [6.07, 6.45) is -4.40. The molecule has 0 bridgehead atoms. The summed E-state index contributed by atoms with van der Waals surface area (Å²) in [5.74, 6) is 0. The molecule has 0 saturated carbocycles. The Labute approximate surface area is 152 Å². The molecule has 0 N–H and O–H groups in total. The summed E-state index contributed by atoms with van der Waals surface area (Å²) >= 11 is 0. The molecular weight excluding hydrogens is 349 g/mol. The van der Waals surface area contributed by atoms with Gasteiger partial charge < -0.3 is 0 Å². The summed E-state index contributed by atoms with van der Waals surface area (Å²) in [5, 5.41) is 1.90. The van der Waals surface area contributed by atoms with Crippen LogP contribution in [0, 0.1) is 0 Å². The van der Waals surface area contributed by atoms with Crippen LogP contribution in [0.4, 0.5) is 13.2 Å². The Morgan fingerprint density at radius 2 is 1.52 bits per heavy atom. The van der Waals surface area contributed by atoms with Gasteiger partial charge in [0.2, 0.25) is 0 Å². The molecule has 3 aromatic carbocycles. The molecule has 0 atom stereocenters. The second kappa shape index (κ2) is 5.58. The summed E-state index contributed by atoms with van der Waals surface area (Å²) < 4.78 is 41.6. The normalized spacial score (nSPS) is 12.3. The van der Waals surface area contributed by atoms with Crippen molar-refractivity contribution in [2.75, 3.05) is 0 Å². The molecular formula is C22H13F3N2. The van der Waals surface area contributed by atoms with E-state index in [0.717, 1.165) is 28.1 Å². The molecule has 0 spiro atoms. The summed E-state index contributed by atoms with van der Waals surface area (Å²) in [6.45, 7) is 0. The lowest BCUT2D eigenvalue weighted by Gasteiger charge is -2.11. The summed E-state index contributed by atoms with van der Waals surface area (Å²) in [5.41, 5.74) is 2.70. The molecule has 132 valence electrons. The highest BCUT2D eigenvalue weighted by atomic mass is 19.4. The number of alkyl halides is 3. The van der Waals surface area contributed by atoms with Gasteiger partial charge in [0.15, 0.2) is 0 Å². The number of nitrogens with zero attached hydrogens (tertiary/aromatic N) is 2. The Morgan fingerprint density at radius 1 is 0.778 bits per heavy atom. The van der Waals surface area contributed by atoms with Crippen LogP contribution < -0.4 is 0 Å². The van der Waals surface area contributed by atoms with Crippen molar-refractivity contribution in [3.63, 3.8) is 0 Å². The lowest BCUT2D eigenvalue weighted by atomic mass is 10.1. The van der Waals surface area contributed by atoms with Crippen LogP contribution in [0.5, 0.6) is 0 Å². The van der Waals surface area contributed by atoms with Gasteiger partial charge >= 0.3 is 6.18 Å². The van der Waals surface area contributed by atoms with Gasteiger partial charge in [-0.1, -0.05) is 54.6 Å². The first kappa shape index (κ1) is 15.9.